The molecule has 0 aliphatic heterocycles. The van der Waals surface area contributed by atoms with Crippen LogP contribution in [0, 0.1) is 13.8 Å². The van der Waals surface area contributed by atoms with Gasteiger partial charge in [0.05, 0.1) is 12.5 Å². The number of aliphatic carboxylic acids is 1. The molecule has 1 aromatic heterocycles. The molecule has 0 spiro atoms. The number of rotatable bonds is 5. The quantitative estimate of drug-likeness (QED) is 0.884. The van der Waals surface area contributed by atoms with Gasteiger partial charge in [-0.2, -0.15) is 5.10 Å². The smallest absolute Gasteiger partial charge is 0.305 e. The Morgan fingerprint density at radius 3 is 2.55 bits per heavy atom. The van der Waals surface area contributed by atoms with Crippen LogP contribution in [0.2, 0.25) is 0 Å². The molecule has 0 saturated heterocycles. The average Bonchev–Trinajstić information content (AvgIpc) is 2.78. The summed E-state index contributed by atoms with van der Waals surface area (Å²) in [7, 11) is 1.75. The predicted molar refractivity (Wildman–Crippen MR) is 81.6 cm³/mol. The standard InChI is InChI=1S/C16H19N3O3/c1-10-6-4-5-7-12(10)13(9-15(20)21)17-16(22)14-8-11(2)19(3)18-14/h4-8,13H,9H2,1-3H3,(H,17,22)(H,20,21). The van der Waals surface area contributed by atoms with Crippen molar-refractivity contribution in [1.29, 1.82) is 0 Å². The lowest BCUT2D eigenvalue weighted by molar-refractivity contribution is -0.137. The van der Waals surface area contributed by atoms with Gasteiger partial charge in [0.1, 0.15) is 5.69 Å². The molecule has 1 unspecified atom stereocenters. The average molecular weight is 301 g/mol. The van der Waals surface area contributed by atoms with E-state index in [2.05, 4.69) is 10.4 Å². The van der Waals surface area contributed by atoms with E-state index in [1.807, 2.05) is 38.1 Å². The lowest BCUT2D eigenvalue weighted by atomic mass is 9.98. The van der Waals surface area contributed by atoms with Crippen molar-refractivity contribution < 1.29 is 14.7 Å². The Hall–Kier alpha value is -2.63. The van der Waals surface area contributed by atoms with E-state index in [0.29, 0.717) is 0 Å². The van der Waals surface area contributed by atoms with Gasteiger partial charge in [0.25, 0.3) is 5.91 Å². The minimum atomic E-state index is -0.967. The number of amides is 1. The number of nitrogens with zero attached hydrogens (tertiary/aromatic N) is 2. The second kappa shape index (κ2) is 6.43. The summed E-state index contributed by atoms with van der Waals surface area (Å²) in [6.45, 7) is 3.74. The zero-order chi connectivity index (χ0) is 16.3. The molecule has 6 nitrogen and oxygen atoms in total. The first-order valence-electron chi connectivity index (χ1n) is 6.97. The third-order valence-electron chi connectivity index (χ3n) is 3.59. The van der Waals surface area contributed by atoms with Gasteiger partial charge in [-0.1, -0.05) is 24.3 Å². The van der Waals surface area contributed by atoms with Crippen molar-refractivity contribution in [1.82, 2.24) is 15.1 Å². The number of carboxylic acid groups (broad SMARTS) is 1. The summed E-state index contributed by atoms with van der Waals surface area (Å²) in [5.74, 6) is -1.34. The highest BCUT2D eigenvalue weighted by molar-refractivity contribution is 5.93. The van der Waals surface area contributed by atoms with Crippen LogP contribution in [0.1, 0.15) is 39.8 Å². The highest BCUT2D eigenvalue weighted by Gasteiger charge is 2.21. The van der Waals surface area contributed by atoms with E-state index < -0.39 is 12.0 Å². The summed E-state index contributed by atoms with van der Waals surface area (Å²) < 4.78 is 1.61. The highest BCUT2D eigenvalue weighted by atomic mass is 16.4. The van der Waals surface area contributed by atoms with E-state index in [4.69, 9.17) is 5.11 Å². The molecule has 22 heavy (non-hydrogen) atoms. The molecule has 0 radical (unpaired) electrons. The predicted octanol–water partition coefficient (Wildman–Crippen LogP) is 1.98. The van der Waals surface area contributed by atoms with Crippen LogP contribution in [-0.2, 0) is 11.8 Å². The Morgan fingerprint density at radius 1 is 1.32 bits per heavy atom. The van der Waals surface area contributed by atoms with E-state index in [1.165, 1.54) is 0 Å². The topological polar surface area (TPSA) is 84.2 Å². The summed E-state index contributed by atoms with van der Waals surface area (Å²) in [5.41, 5.74) is 2.87. The highest BCUT2D eigenvalue weighted by Crippen LogP contribution is 2.21. The maximum atomic E-state index is 12.3. The molecule has 0 aliphatic rings. The molecule has 2 rings (SSSR count). The normalized spacial score (nSPS) is 12.0. The van der Waals surface area contributed by atoms with E-state index in [1.54, 1.807) is 17.8 Å². The van der Waals surface area contributed by atoms with Crippen molar-refractivity contribution in [2.24, 2.45) is 7.05 Å². The van der Waals surface area contributed by atoms with Crippen molar-refractivity contribution in [2.45, 2.75) is 26.3 Å². The Morgan fingerprint density at radius 2 is 2.00 bits per heavy atom. The fourth-order valence-corrected chi connectivity index (χ4v) is 2.29. The van der Waals surface area contributed by atoms with Gasteiger partial charge in [0.2, 0.25) is 0 Å². The van der Waals surface area contributed by atoms with Crippen LogP contribution in [0.5, 0.6) is 0 Å². The van der Waals surface area contributed by atoms with E-state index in [9.17, 15) is 9.59 Å². The Balaban J connectivity index is 2.25. The molecule has 6 heteroatoms. The minimum Gasteiger partial charge on any atom is -0.481 e. The number of carbonyl (C=O) groups excluding carboxylic acids is 1. The number of benzene rings is 1. The Labute approximate surface area is 128 Å². The molecule has 0 aliphatic carbocycles. The summed E-state index contributed by atoms with van der Waals surface area (Å²) in [6.07, 6.45) is -0.178. The summed E-state index contributed by atoms with van der Waals surface area (Å²) in [4.78, 5) is 23.4. The van der Waals surface area contributed by atoms with Crippen molar-refractivity contribution in [3.8, 4) is 0 Å². The van der Waals surface area contributed by atoms with E-state index in [0.717, 1.165) is 16.8 Å². The van der Waals surface area contributed by atoms with Gasteiger partial charge in [-0.3, -0.25) is 14.3 Å². The molecule has 0 bridgehead atoms. The fraction of sp³-hybridized carbons (Fsp3) is 0.312. The number of hydrogen-bond acceptors (Lipinski definition) is 3. The van der Waals surface area contributed by atoms with Crippen molar-refractivity contribution in [3.63, 3.8) is 0 Å². The van der Waals surface area contributed by atoms with Gasteiger partial charge in [0, 0.05) is 12.7 Å². The Kier molecular flexibility index (Phi) is 4.60. The first kappa shape index (κ1) is 15.8. The molecule has 2 N–H and O–H groups in total. The molecule has 0 fully saturated rings. The molecule has 116 valence electrons. The van der Waals surface area contributed by atoms with Crippen LogP contribution in [0.4, 0.5) is 0 Å². The van der Waals surface area contributed by atoms with E-state index in [-0.39, 0.29) is 18.0 Å². The monoisotopic (exact) mass is 301 g/mol. The van der Waals surface area contributed by atoms with Crippen molar-refractivity contribution in [2.75, 3.05) is 0 Å². The zero-order valence-corrected chi connectivity index (χ0v) is 12.8. The lowest BCUT2D eigenvalue weighted by Crippen LogP contribution is -2.31. The maximum absolute atomic E-state index is 12.3. The van der Waals surface area contributed by atoms with E-state index >= 15 is 0 Å². The van der Waals surface area contributed by atoms with Gasteiger partial charge >= 0.3 is 5.97 Å². The maximum Gasteiger partial charge on any atom is 0.305 e. The molecule has 2 aromatic rings. The first-order valence-corrected chi connectivity index (χ1v) is 6.97. The van der Waals surface area contributed by atoms with Crippen LogP contribution in [0.25, 0.3) is 0 Å². The number of nitrogens with one attached hydrogen (secondary N) is 1. The molecule has 1 aromatic carbocycles. The van der Waals surface area contributed by atoms with Crippen LogP contribution in [0.15, 0.2) is 30.3 Å². The number of aryl methyl sites for hydroxylation is 3. The number of hydrogen-bond donors (Lipinski definition) is 2. The lowest BCUT2D eigenvalue weighted by Gasteiger charge is -2.18. The van der Waals surface area contributed by atoms with Gasteiger partial charge in [0.15, 0.2) is 0 Å². The number of aromatic nitrogens is 2. The zero-order valence-electron chi connectivity index (χ0n) is 12.8. The Bertz CT molecular complexity index is 687. The van der Waals surface area contributed by atoms with Crippen LogP contribution < -0.4 is 5.32 Å². The largest absolute Gasteiger partial charge is 0.481 e. The minimum absolute atomic E-state index is 0.178. The van der Waals surface area contributed by atoms with Crippen molar-refractivity contribution >= 4 is 11.9 Å². The SMILES string of the molecule is Cc1ccccc1C(CC(=O)O)NC(=O)c1cc(C)n(C)n1. The van der Waals surface area contributed by atoms with Gasteiger partial charge in [-0.15, -0.1) is 0 Å². The molecule has 1 atom stereocenters. The van der Waals surface area contributed by atoms with Crippen LogP contribution >= 0.6 is 0 Å². The molecule has 0 saturated carbocycles. The molecule has 1 amide bonds. The third-order valence-corrected chi connectivity index (χ3v) is 3.59. The fourth-order valence-electron chi connectivity index (χ4n) is 2.29. The summed E-state index contributed by atoms with van der Waals surface area (Å²) in [5, 5.41) is 16.0. The third kappa shape index (κ3) is 3.52. The second-order valence-electron chi connectivity index (χ2n) is 5.28. The van der Waals surface area contributed by atoms with Crippen LogP contribution in [0.3, 0.4) is 0 Å². The molecular formula is C16H19N3O3. The summed E-state index contributed by atoms with van der Waals surface area (Å²) >= 11 is 0. The molecular weight excluding hydrogens is 282 g/mol. The van der Waals surface area contributed by atoms with Crippen LogP contribution in [-0.4, -0.2) is 26.8 Å². The number of carbonyl (C=O) groups is 2. The first-order chi connectivity index (χ1) is 10.4. The second-order valence-corrected chi connectivity index (χ2v) is 5.28. The summed E-state index contributed by atoms with van der Waals surface area (Å²) in [6, 6.07) is 8.50. The van der Waals surface area contributed by atoms with Crippen molar-refractivity contribution in [3.05, 3.63) is 52.8 Å². The molecule has 1 heterocycles. The van der Waals surface area contributed by atoms with Gasteiger partial charge in [-0.25, -0.2) is 0 Å². The van der Waals surface area contributed by atoms with Gasteiger partial charge in [-0.05, 0) is 31.0 Å². The number of carboxylic acids is 1. The van der Waals surface area contributed by atoms with Gasteiger partial charge < -0.3 is 10.4 Å².